The Labute approximate surface area is 143 Å². The zero-order valence-corrected chi connectivity index (χ0v) is 14.1. The van der Waals surface area contributed by atoms with Crippen LogP contribution in [0.1, 0.15) is 29.7 Å². The van der Waals surface area contributed by atoms with Crippen LogP contribution >= 0.6 is 0 Å². The van der Waals surface area contributed by atoms with Crippen molar-refractivity contribution in [2.45, 2.75) is 24.0 Å². The molecule has 0 aliphatic carbocycles. The molecule has 132 valence electrons. The minimum Gasteiger partial charge on any atom is -0.262 e. The van der Waals surface area contributed by atoms with Gasteiger partial charge in [-0.1, -0.05) is 12.1 Å². The maximum Gasteiger partial charge on any atom is 0.416 e. The molecule has 1 aromatic carbocycles. The van der Waals surface area contributed by atoms with Crippen molar-refractivity contribution in [3.05, 3.63) is 59.4 Å². The molecule has 0 aliphatic heterocycles. The monoisotopic (exact) mass is 369 g/mol. The van der Waals surface area contributed by atoms with Gasteiger partial charge in [0.25, 0.3) is 0 Å². The zero-order chi connectivity index (χ0) is 18.8. The van der Waals surface area contributed by atoms with Crippen LogP contribution in [0.15, 0.2) is 47.6 Å². The minimum absolute atomic E-state index is 0.0941. The molecule has 0 saturated heterocycles. The lowest BCUT2D eigenvalue weighted by Gasteiger charge is -2.25. The van der Waals surface area contributed by atoms with Crippen molar-refractivity contribution in [3.63, 3.8) is 0 Å². The number of aromatic nitrogens is 1. The number of pyridine rings is 1. The molecule has 0 unspecified atom stereocenters. The van der Waals surface area contributed by atoms with E-state index in [9.17, 15) is 21.6 Å². The number of hydrogen-bond donors (Lipinski definition) is 0. The first-order valence-corrected chi connectivity index (χ1v) is 8.51. The van der Waals surface area contributed by atoms with Gasteiger partial charge in [-0.25, -0.2) is 8.42 Å². The van der Waals surface area contributed by atoms with Gasteiger partial charge >= 0.3 is 6.18 Å². The molecule has 0 radical (unpaired) electrons. The van der Waals surface area contributed by atoms with E-state index in [2.05, 4.69) is 4.98 Å². The first kappa shape index (κ1) is 18.9. The Kier molecular flexibility index (Phi) is 5.15. The molecule has 2 rings (SSSR count). The first-order chi connectivity index (χ1) is 11.6. The molecular formula is C16H14F3N3O2S. The fraction of sp³-hybridized carbons (Fsp3) is 0.250. The van der Waals surface area contributed by atoms with E-state index in [0.717, 1.165) is 22.6 Å². The van der Waals surface area contributed by atoms with Crippen LogP contribution in [0.2, 0.25) is 0 Å². The van der Waals surface area contributed by atoms with Crippen LogP contribution in [0.25, 0.3) is 0 Å². The average molecular weight is 369 g/mol. The molecule has 1 heterocycles. The summed E-state index contributed by atoms with van der Waals surface area (Å²) in [6, 6.07) is 6.58. The second-order valence-corrected chi connectivity index (χ2v) is 7.34. The van der Waals surface area contributed by atoms with Gasteiger partial charge in [0.1, 0.15) is 11.0 Å². The second-order valence-electron chi connectivity index (χ2n) is 5.34. The molecule has 2 aromatic rings. The van der Waals surface area contributed by atoms with Crippen LogP contribution in [0.5, 0.6) is 0 Å². The van der Waals surface area contributed by atoms with Crippen molar-refractivity contribution in [2.75, 3.05) is 7.05 Å². The molecule has 0 saturated carbocycles. The van der Waals surface area contributed by atoms with E-state index in [0.29, 0.717) is 5.56 Å². The number of nitrogens with zero attached hydrogens (tertiary/aromatic N) is 3. The highest BCUT2D eigenvalue weighted by Gasteiger charge is 2.31. The molecule has 0 fully saturated rings. The van der Waals surface area contributed by atoms with E-state index in [1.54, 1.807) is 6.92 Å². The summed E-state index contributed by atoms with van der Waals surface area (Å²) in [5.41, 5.74) is -0.306. The van der Waals surface area contributed by atoms with Crippen LogP contribution in [0, 0.1) is 11.3 Å². The van der Waals surface area contributed by atoms with Gasteiger partial charge in [-0.05, 0) is 30.7 Å². The summed E-state index contributed by atoms with van der Waals surface area (Å²) >= 11 is 0. The van der Waals surface area contributed by atoms with Crippen molar-refractivity contribution in [3.8, 4) is 6.07 Å². The lowest BCUT2D eigenvalue weighted by atomic mass is 10.1. The van der Waals surface area contributed by atoms with E-state index in [1.807, 2.05) is 6.07 Å². The summed E-state index contributed by atoms with van der Waals surface area (Å²) in [5.74, 6) is 0. The number of rotatable bonds is 4. The van der Waals surface area contributed by atoms with Crippen molar-refractivity contribution in [1.29, 1.82) is 5.26 Å². The second kappa shape index (κ2) is 6.82. The predicted octanol–water partition coefficient (Wildman–Crippen LogP) is 3.35. The highest BCUT2D eigenvalue weighted by molar-refractivity contribution is 7.89. The van der Waals surface area contributed by atoms with Crippen molar-refractivity contribution in [1.82, 2.24) is 9.29 Å². The Morgan fingerprint density at radius 2 is 1.80 bits per heavy atom. The van der Waals surface area contributed by atoms with E-state index in [4.69, 9.17) is 5.26 Å². The number of halogens is 3. The van der Waals surface area contributed by atoms with Crippen LogP contribution in [-0.2, 0) is 16.2 Å². The van der Waals surface area contributed by atoms with Crippen LogP contribution in [-0.4, -0.2) is 24.8 Å². The third kappa shape index (κ3) is 3.97. The summed E-state index contributed by atoms with van der Waals surface area (Å²) < 4.78 is 64.2. The predicted molar refractivity (Wildman–Crippen MR) is 83.8 cm³/mol. The normalized spacial score (nSPS) is 13.5. The lowest BCUT2D eigenvalue weighted by Crippen LogP contribution is -2.30. The highest BCUT2D eigenvalue weighted by Crippen LogP contribution is 2.31. The Bertz CT molecular complexity index is 903. The van der Waals surface area contributed by atoms with E-state index in [1.165, 1.54) is 31.4 Å². The van der Waals surface area contributed by atoms with Crippen LogP contribution in [0.3, 0.4) is 0 Å². The van der Waals surface area contributed by atoms with Gasteiger partial charge in [-0.15, -0.1) is 0 Å². The molecule has 5 nitrogen and oxygen atoms in total. The Morgan fingerprint density at radius 1 is 1.20 bits per heavy atom. The molecule has 0 spiro atoms. The van der Waals surface area contributed by atoms with Gasteiger partial charge in [0.2, 0.25) is 10.0 Å². The molecule has 25 heavy (non-hydrogen) atoms. The fourth-order valence-corrected chi connectivity index (χ4v) is 3.50. The summed E-state index contributed by atoms with van der Waals surface area (Å²) in [7, 11) is -2.64. The Hall–Kier alpha value is -2.44. The fourth-order valence-electron chi connectivity index (χ4n) is 2.16. The minimum atomic E-state index is -4.46. The van der Waals surface area contributed by atoms with Crippen molar-refractivity contribution < 1.29 is 21.6 Å². The third-order valence-corrected chi connectivity index (χ3v) is 5.68. The summed E-state index contributed by atoms with van der Waals surface area (Å²) in [5, 5.41) is 8.85. The molecule has 9 heteroatoms. The topological polar surface area (TPSA) is 74.1 Å². The van der Waals surface area contributed by atoms with Gasteiger partial charge in [0, 0.05) is 25.5 Å². The molecule has 0 aliphatic rings. The Morgan fingerprint density at radius 3 is 2.32 bits per heavy atom. The van der Waals surface area contributed by atoms with Crippen LogP contribution in [0.4, 0.5) is 13.2 Å². The summed E-state index contributed by atoms with van der Waals surface area (Å²) in [4.78, 5) is 3.56. The smallest absolute Gasteiger partial charge is 0.262 e. The maximum absolute atomic E-state index is 12.6. The molecule has 0 N–H and O–H groups in total. The molecule has 1 atom stereocenters. The largest absolute Gasteiger partial charge is 0.416 e. The third-order valence-electron chi connectivity index (χ3n) is 3.79. The lowest BCUT2D eigenvalue weighted by molar-refractivity contribution is -0.137. The average Bonchev–Trinajstić information content (AvgIpc) is 2.59. The maximum atomic E-state index is 12.6. The van der Waals surface area contributed by atoms with Crippen LogP contribution < -0.4 is 0 Å². The Balaban J connectivity index is 2.32. The summed E-state index contributed by atoms with van der Waals surface area (Å²) in [6.45, 7) is 1.56. The SMILES string of the molecule is C[C@@H](c1ccc(C(F)(F)F)cc1)N(C)S(=O)(=O)c1cncc(C#N)c1. The van der Waals surface area contributed by atoms with Crippen molar-refractivity contribution >= 4 is 10.0 Å². The zero-order valence-electron chi connectivity index (χ0n) is 13.3. The number of hydrogen-bond acceptors (Lipinski definition) is 4. The molecule has 1 aromatic heterocycles. The van der Waals surface area contributed by atoms with E-state index >= 15 is 0 Å². The number of alkyl halides is 3. The van der Waals surface area contributed by atoms with Crippen molar-refractivity contribution in [2.24, 2.45) is 0 Å². The van der Waals surface area contributed by atoms with E-state index in [-0.39, 0.29) is 10.5 Å². The number of sulfonamides is 1. The molecular weight excluding hydrogens is 355 g/mol. The van der Waals surface area contributed by atoms with Gasteiger partial charge < -0.3 is 0 Å². The van der Waals surface area contributed by atoms with Gasteiger partial charge in [-0.2, -0.15) is 22.7 Å². The molecule has 0 amide bonds. The number of benzene rings is 1. The van der Waals surface area contributed by atoms with Gasteiger partial charge in [-0.3, -0.25) is 4.98 Å². The first-order valence-electron chi connectivity index (χ1n) is 7.07. The standard InChI is InChI=1S/C16H14F3N3O2S/c1-11(13-3-5-14(6-4-13)16(17,18)19)22(2)25(23,24)15-7-12(8-20)9-21-10-15/h3-7,9-11H,1-2H3/t11-/m0/s1. The van der Waals surface area contributed by atoms with E-state index < -0.39 is 27.8 Å². The highest BCUT2D eigenvalue weighted by atomic mass is 32.2. The quantitative estimate of drug-likeness (QED) is 0.828. The van der Waals surface area contributed by atoms with Gasteiger partial charge in [0.15, 0.2) is 0 Å². The van der Waals surface area contributed by atoms with Gasteiger partial charge in [0.05, 0.1) is 11.1 Å². The number of nitriles is 1. The summed E-state index contributed by atoms with van der Waals surface area (Å²) in [6.07, 6.45) is -2.10. The molecule has 0 bridgehead atoms.